The standard InChI is InChI=1S/C19H19N3O3/c1-13-17(22(24)25)14(2)21(20-13)18(15-9-5-3-6-10-15)19(23)16-11-7-4-8-12-16/h3-12,18-19,23H,1-2H3/t18-,19-/m1/s1. The Bertz CT molecular complexity index is 876. The molecule has 3 aromatic rings. The molecule has 25 heavy (non-hydrogen) atoms. The second-order valence-corrected chi connectivity index (χ2v) is 5.93. The molecule has 1 aromatic heterocycles. The van der Waals surface area contributed by atoms with Crippen molar-refractivity contribution in [3.63, 3.8) is 0 Å². The third-order valence-corrected chi connectivity index (χ3v) is 4.31. The van der Waals surface area contributed by atoms with Gasteiger partial charge < -0.3 is 5.11 Å². The first-order chi connectivity index (χ1) is 12.0. The lowest BCUT2D eigenvalue weighted by atomic mass is 9.95. The van der Waals surface area contributed by atoms with Gasteiger partial charge in [0.25, 0.3) is 0 Å². The molecule has 6 nitrogen and oxygen atoms in total. The summed E-state index contributed by atoms with van der Waals surface area (Å²) in [4.78, 5) is 10.9. The van der Waals surface area contributed by atoms with E-state index in [1.165, 1.54) is 0 Å². The number of benzene rings is 2. The summed E-state index contributed by atoms with van der Waals surface area (Å²) in [5, 5.41) is 26.7. The Morgan fingerprint density at radius 2 is 1.52 bits per heavy atom. The van der Waals surface area contributed by atoms with E-state index in [4.69, 9.17) is 0 Å². The van der Waals surface area contributed by atoms with Crippen molar-refractivity contribution in [2.45, 2.75) is 26.0 Å². The molecule has 0 unspecified atom stereocenters. The van der Waals surface area contributed by atoms with Gasteiger partial charge in [-0.15, -0.1) is 0 Å². The maximum Gasteiger partial charge on any atom is 0.312 e. The summed E-state index contributed by atoms with van der Waals surface area (Å²) >= 11 is 0. The van der Waals surface area contributed by atoms with Crippen molar-refractivity contribution < 1.29 is 10.0 Å². The summed E-state index contributed by atoms with van der Waals surface area (Å²) in [6.45, 7) is 3.27. The molecule has 0 saturated heterocycles. The van der Waals surface area contributed by atoms with Crippen LogP contribution in [0.2, 0.25) is 0 Å². The minimum atomic E-state index is -0.888. The monoisotopic (exact) mass is 337 g/mol. The van der Waals surface area contributed by atoms with Crippen LogP contribution in [-0.2, 0) is 0 Å². The number of aliphatic hydroxyl groups excluding tert-OH is 1. The minimum Gasteiger partial charge on any atom is -0.386 e. The van der Waals surface area contributed by atoms with Crippen LogP contribution in [0.25, 0.3) is 0 Å². The first kappa shape index (κ1) is 16.9. The maximum absolute atomic E-state index is 11.3. The van der Waals surface area contributed by atoms with Crippen molar-refractivity contribution in [2.75, 3.05) is 0 Å². The van der Waals surface area contributed by atoms with Crippen molar-refractivity contribution in [2.24, 2.45) is 0 Å². The van der Waals surface area contributed by atoms with Crippen molar-refractivity contribution >= 4 is 5.69 Å². The number of aliphatic hydroxyl groups is 1. The SMILES string of the molecule is Cc1nn([C@H](c2ccccc2)[C@H](O)c2ccccc2)c(C)c1[N+](=O)[O-]. The summed E-state index contributed by atoms with van der Waals surface area (Å²) in [6.07, 6.45) is -0.888. The van der Waals surface area contributed by atoms with Crippen LogP contribution in [0.3, 0.4) is 0 Å². The molecule has 0 bridgehead atoms. The van der Waals surface area contributed by atoms with Gasteiger partial charge in [0.05, 0.1) is 4.92 Å². The minimum absolute atomic E-state index is 0.0128. The smallest absolute Gasteiger partial charge is 0.312 e. The fourth-order valence-electron chi connectivity index (χ4n) is 3.13. The van der Waals surface area contributed by atoms with Crippen LogP contribution in [0, 0.1) is 24.0 Å². The summed E-state index contributed by atoms with van der Waals surface area (Å²) in [7, 11) is 0. The lowest BCUT2D eigenvalue weighted by molar-refractivity contribution is -0.386. The molecule has 0 aliphatic rings. The van der Waals surface area contributed by atoms with Gasteiger partial charge in [-0.1, -0.05) is 60.7 Å². The van der Waals surface area contributed by atoms with Crippen molar-refractivity contribution in [1.29, 1.82) is 0 Å². The van der Waals surface area contributed by atoms with E-state index >= 15 is 0 Å². The van der Waals surface area contributed by atoms with Gasteiger partial charge in [-0.05, 0) is 25.0 Å². The predicted octanol–water partition coefficient (Wildman–Crippen LogP) is 3.73. The summed E-state index contributed by atoms with van der Waals surface area (Å²) < 4.78 is 1.56. The quantitative estimate of drug-likeness (QED) is 0.568. The van der Waals surface area contributed by atoms with E-state index in [9.17, 15) is 15.2 Å². The number of nitro groups is 1. The number of nitrogens with zero attached hydrogens (tertiary/aromatic N) is 3. The topological polar surface area (TPSA) is 81.2 Å². The highest BCUT2D eigenvalue weighted by molar-refractivity contribution is 5.41. The number of hydrogen-bond acceptors (Lipinski definition) is 4. The molecule has 0 saturated carbocycles. The first-order valence-corrected chi connectivity index (χ1v) is 7.98. The van der Waals surface area contributed by atoms with Gasteiger partial charge in [0, 0.05) is 0 Å². The van der Waals surface area contributed by atoms with Crippen molar-refractivity contribution in [3.05, 3.63) is 93.3 Å². The Morgan fingerprint density at radius 1 is 1.00 bits per heavy atom. The summed E-state index contributed by atoms with van der Waals surface area (Å²) in [5.41, 5.74) is 2.31. The predicted molar refractivity (Wildman–Crippen MR) is 94.3 cm³/mol. The van der Waals surface area contributed by atoms with Crippen LogP contribution >= 0.6 is 0 Å². The Balaban J connectivity index is 2.16. The second kappa shape index (κ2) is 6.86. The Morgan fingerprint density at radius 3 is 2.00 bits per heavy atom. The molecule has 128 valence electrons. The molecule has 1 N–H and O–H groups in total. The zero-order valence-corrected chi connectivity index (χ0v) is 14.0. The number of hydrogen-bond donors (Lipinski definition) is 1. The van der Waals surface area contributed by atoms with Crippen LogP contribution in [0.4, 0.5) is 5.69 Å². The normalized spacial score (nSPS) is 13.4. The van der Waals surface area contributed by atoms with Gasteiger partial charge in [0.1, 0.15) is 23.5 Å². The van der Waals surface area contributed by atoms with Gasteiger partial charge in [0.15, 0.2) is 0 Å². The van der Waals surface area contributed by atoms with Crippen molar-refractivity contribution in [1.82, 2.24) is 9.78 Å². The average Bonchev–Trinajstić information content (AvgIpc) is 2.91. The van der Waals surface area contributed by atoms with E-state index in [2.05, 4.69) is 5.10 Å². The van der Waals surface area contributed by atoms with Crippen LogP contribution in [0.5, 0.6) is 0 Å². The fraction of sp³-hybridized carbons (Fsp3) is 0.211. The molecule has 6 heteroatoms. The third-order valence-electron chi connectivity index (χ3n) is 4.31. The number of aryl methyl sites for hydroxylation is 1. The highest BCUT2D eigenvalue weighted by atomic mass is 16.6. The zero-order valence-electron chi connectivity index (χ0n) is 14.0. The molecule has 1 heterocycles. The zero-order chi connectivity index (χ0) is 18.0. The number of rotatable bonds is 5. The van der Waals surface area contributed by atoms with E-state index in [-0.39, 0.29) is 5.69 Å². The lowest BCUT2D eigenvalue weighted by Gasteiger charge is -2.25. The molecule has 0 aliphatic heterocycles. The molecular formula is C19H19N3O3. The molecule has 0 fully saturated rings. The molecule has 2 aromatic carbocycles. The van der Waals surface area contributed by atoms with Gasteiger partial charge in [-0.25, -0.2) is 0 Å². The number of aromatic nitrogens is 2. The van der Waals surface area contributed by atoms with Gasteiger partial charge in [0.2, 0.25) is 0 Å². The van der Waals surface area contributed by atoms with Crippen LogP contribution in [-0.4, -0.2) is 19.8 Å². The second-order valence-electron chi connectivity index (χ2n) is 5.93. The third kappa shape index (κ3) is 3.16. The van der Waals surface area contributed by atoms with Crippen LogP contribution in [0.15, 0.2) is 60.7 Å². The van der Waals surface area contributed by atoms with E-state index < -0.39 is 17.1 Å². The van der Waals surface area contributed by atoms with Crippen LogP contribution in [0.1, 0.15) is 34.7 Å². The van der Waals surface area contributed by atoms with Gasteiger partial charge in [-0.3, -0.25) is 14.8 Å². The molecular weight excluding hydrogens is 318 g/mol. The van der Waals surface area contributed by atoms with Gasteiger partial charge >= 0.3 is 5.69 Å². The molecule has 0 spiro atoms. The summed E-state index contributed by atoms with van der Waals surface area (Å²) in [5.74, 6) is 0. The molecule has 0 radical (unpaired) electrons. The highest BCUT2D eigenvalue weighted by Gasteiger charge is 2.31. The van der Waals surface area contributed by atoms with E-state index in [1.54, 1.807) is 18.5 Å². The Labute approximate surface area is 145 Å². The van der Waals surface area contributed by atoms with Gasteiger partial charge in [-0.2, -0.15) is 5.10 Å². The molecule has 3 rings (SSSR count). The average molecular weight is 337 g/mol. The largest absolute Gasteiger partial charge is 0.386 e. The Kier molecular flexibility index (Phi) is 4.63. The van der Waals surface area contributed by atoms with E-state index in [0.29, 0.717) is 11.4 Å². The molecule has 2 atom stereocenters. The highest BCUT2D eigenvalue weighted by Crippen LogP contribution is 2.35. The van der Waals surface area contributed by atoms with E-state index in [1.807, 2.05) is 60.7 Å². The first-order valence-electron chi connectivity index (χ1n) is 7.98. The molecule has 0 aliphatic carbocycles. The maximum atomic E-state index is 11.3. The fourth-order valence-corrected chi connectivity index (χ4v) is 3.13. The van der Waals surface area contributed by atoms with E-state index in [0.717, 1.165) is 11.1 Å². The Hall–Kier alpha value is -2.99. The van der Waals surface area contributed by atoms with Crippen LogP contribution < -0.4 is 0 Å². The lowest BCUT2D eigenvalue weighted by Crippen LogP contribution is -2.21. The van der Waals surface area contributed by atoms with Crippen molar-refractivity contribution in [3.8, 4) is 0 Å². The summed E-state index contributed by atoms with van der Waals surface area (Å²) in [6, 6.07) is 18.1. The molecule has 0 amide bonds.